The van der Waals surface area contributed by atoms with Crippen molar-refractivity contribution in [2.45, 2.75) is 56.4 Å². The topological polar surface area (TPSA) is 100 Å². The van der Waals surface area contributed by atoms with Crippen LogP contribution in [-0.2, 0) is 11.3 Å². The molecule has 0 saturated heterocycles. The number of thioether (sulfide) groups is 1. The van der Waals surface area contributed by atoms with Gasteiger partial charge in [-0.2, -0.15) is 0 Å². The van der Waals surface area contributed by atoms with Crippen molar-refractivity contribution in [1.29, 1.82) is 0 Å². The van der Waals surface area contributed by atoms with Crippen molar-refractivity contribution in [3.05, 3.63) is 10.5 Å². The number of hydrogen-bond donors (Lipinski definition) is 3. The number of rotatable bonds is 9. The lowest BCUT2D eigenvalue weighted by Gasteiger charge is -2.13. The maximum absolute atomic E-state index is 11.5. The van der Waals surface area contributed by atoms with Gasteiger partial charge in [-0.15, -0.1) is 5.10 Å². The molecule has 1 aromatic rings. The summed E-state index contributed by atoms with van der Waals surface area (Å²) in [6, 6.07) is -0.148. The second-order valence-corrected chi connectivity index (χ2v) is 5.99. The van der Waals surface area contributed by atoms with Crippen LogP contribution in [0.15, 0.2) is 9.95 Å². The molecule has 1 saturated carbocycles. The van der Waals surface area contributed by atoms with Crippen LogP contribution in [0.4, 0.5) is 0 Å². The summed E-state index contributed by atoms with van der Waals surface area (Å²) in [5.74, 6) is -0.199. The maximum atomic E-state index is 11.5. The molecule has 8 heteroatoms. The second-order valence-electron chi connectivity index (χ2n) is 4.93. The van der Waals surface area contributed by atoms with E-state index in [1.54, 1.807) is 4.57 Å². The summed E-state index contributed by atoms with van der Waals surface area (Å²) < 4.78 is 1.59. The number of aromatic amines is 1. The molecular formula is C12H20N4O3S. The van der Waals surface area contributed by atoms with Gasteiger partial charge in [-0.05, 0) is 25.7 Å². The van der Waals surface area contributed by atoms with E-state index in [4.69, 9.17) is 5.11 Å². The molecule has 7 nitrogen and oxygen atoms in total. The predicted molar refractivity (Wildman–Crippen MR) is 76.1 cm³/mol. The van der Waals surface area contributed by atoms with Crippen LogP contribution in [0, 0.1) is 0 Å². The SMILES string of the molecule is CCCn1c(SCCC(NC2CC2)C(=O)O)n[nH]c1=O. The highest BCUT2D eigenvalue weighted by Gasteiger charge is 2.28. The summed E-state index contributed by atoms with van der Waals surface area (Å²) in [4.78, 5) is 22.6. The Bertz CT molecular complexity index is 509. The first-order chi connectivity index (χ1) is 9.61. The van der Waals surface area contributed by atoms with E-state index in [0.29, 0.717) is 29.9 Å². The third kappa shape index (κ3) is 4.11. The summed E-state index contributed by atoms with van der Waals surface area (Å²) in [7, 11) is 0. The van der Waals surface area contributed by atoms with Crippen LogP contribution in [0.25, 0.3) is 0 Å². The molecule has 3 N–H and O–H groups in total. The molecule has 1 atom stereocenters. The standard InChI is InChI=1S/C12H20N4O3S/c1-2-6-16-11(19)14-15-12(16)20-7-5-9(10(17)18)13-8-3-4-8/h8-9,13H,2-7H2,1H3,(H,14,19)(H,17,18). The molecule has 0 bridgehead atoms. The first-order valence-electron chi connectivity index (χ1n) is 6.88. The maximum Gasteiger partial charge on any atom is 0.343 e. The highest BCUT2D eigenvalue weighted by molar-refractivity contribution is 7.99. The van der Waals surface area contributed by atoms with E-state index in [9.17, 15) is 9.59 Å². The molecule has 2 rings (SSSR count). The van der Waals surface area contributed by atoms with Crippen molar-refractivity contribution in [3.63, 3.8) is 0 Å². The highest BCUT2D eigenvalue weighted by atomic mass is 32.2. The zero-order chi connectivity index (χ0) is 14.5. The van der Waals surface area contributed by atoms with Gasteiger partial charge in [0, 0.05) is 18.3 Å². The Morgan fingerprint density at radius 2 is 2.40 bits per heavy atom. The predicted octanol–water partition coefficient (Wildman–Crippen LogP) is 0.669. The number of carboxylic acid groups (broad SMARTS) is 1. The molecule has 112 valence electrons. The third-order valence-electron chi connectivity index (χ3n) is 3.12. The fourth-order valence-corrected chi connectivity index (χ4v) is 2.89. The van der Waals surface area contributed by atoms with Gasteiger partial charge in [0.15, 0.2) is 5.16 Å². The van der Waals surface area contributed by atoms with Gasteiger partial charge in [0.25, 0.3) is 0 Å². The van der Waals surface area contributed by atoms with Crippen LogP contribution in [0.2, 0.25) is 0 Å². The van der Waals surface area contributed by atoms with E-state index in [0.717, 1.165) is 19.3 Å². The van der Waals surface area contributed by atoms with Crippen molar-refractivity contribution in [3.8, 4) is 0 Å². The van der Waals surface area contributed by atoms with E-state index >= 15 is 0 Å². The number of nitrogens with one attached hydrogen (secondary N) is 2. The molecule has 1 heterocycles. The Kier molecular flexibility index (Phi) is 5.24. The van der Waals surface area contributed by atoms with Gasteiger partial charge in [-0.3, -0.25) is 9.36 Å². The van der Waals surface area contributed by atoms with Crippen molar-refractivity contribution < 1.29 is 9.90 Å². The molecule has 20 heavy (non-hydrogen) atoms. The normalized spacial score (nSPS) is 16.2. The van der Waals surface area contributed by atoms with Crippen molar-refractivity contribution in [2.24, 2.45) is 0 Å². The van der Waals surface area contributed by atoms with E-state index in [-0.39, 0.29) is 5.69 Å². The smallest absolute Gasteiger partial charge is 0.343 e. The number of hydrogen-bond acceptors (Lipinski definition) is 5. The van der Waals surface area contributed by atoms with Crippen LogP contribution in [0.5, 0.6) is 0 Å². The molecular weight excluding hydrogens is 280 g/mol. The summed E-state index contributed by atoms with van der Waals surface area (Å²) in [5.41, 5.74) is -0.208. The third-order valence-corrected chi connectivity index (χ3v) is 4.13. The highest BCUT2D eigenvalue weighted by Crippen LogP contribution is 2.21. The first kappa shape index (κ1) is 15.1. The van der Waals surface area contributed by atoms with Crippen LogP contribution in [-0.4, -0.2) is 43.7 Å². The zero-order valence-corrected chi connectivity index (χ0v) is 12.3. The first-order valence-corrected chi connectivity index (χ1v) is 7.87. The summed E-state index contributed by atoms with van der Waals surface area (Å²) >= 11 is 1.42. The lowest BCUT2D eigenvalue weighted by atomic mass is 10.2. The molecule has 0 radical (unpaired) electrons. The minimum Gasteiger partial charge on any atom is -0.480 e. The quantitative estimate of drug-likeness (QED) is 0.580. The summed E-state index contributed by atoms with van der Waals surface area (Å²) in [6.45, 7) is 2.62. The van der Waals surface area contributed by atoms with Gasteiger partial charge in [-0.25, -0.2) is 9.89 Å². The van der Waals surface area contributed by atoms with E-state index in [1.807, 2.05) is 6.92 Å². The van der Waals surface area contributed by atoms with Crippen molar-refractivity contribution >= 4 is 17.7 Å². The Labute approximate surface area is 121 Å². The van der Waals surface area contributed by atoms with Crippen molar-refractivity contribution in [1.82, 2.24) is 20.1 Å². The number of H-pyrrole nitrogens is 1. The lowest BCUT2D eigenvalue weighted by Crippen LogP contribution is -2.38. The molecule has 0 aromatic carbocycles. The summed E-state index contributed by atoms with van der Waals surface area (Å²) in [6.07, 6.45) is 3.50. The Morgan fingerprint density at radius 1 is 1.65 bits per heavy atom. The molecule has 0 amide bonds. The number of carboxylic acids is 1. The minimum absolute atomic E-state index is 0.208. The molecule has 0 spiro atoms. The molecule has 1 aromatic heterocycles. The average Bonchev–Trinajstić information content (AvgIpc) is 3.16. The molecule has 1 aliphatic carbocycles. The number of aliphatic carboxylic acids is 1. The largest absolute Gasteiger partial charge is 0.480 e. The van der Waals surface area contributed by atoms with Crippen molar-refractivity contribution in [2.75, 3.05) is 5.75 Å². The van der Waals surface area contributed by atoms with Gasteiger partial charge in [0.2, 0.25) is 0 Å². The van der Waals surface area contributed by atoms with Gasteiger partial charge < -0.3 is 10.4 Å². The minimum atomic E-state index is -0.814. The fourth-order valence-electron chi connectivity index (χ4n) is 1.91. The second kappa shape index (κ2) is 6.94. The van der Waals surface area contributed by atoms with E-state index < -0.39 is 12.0 Å². The molecule has 1 fully saturated rings. The van der Waals surface area contributed by atoms with Crippen LogP contribution < -0.4 is 11.0 Å². The van der Waals surface area contributed by atoms with Crippen LogP contribution in [0.3, 0.4) is 0 Å². The summed E-state index contributed by atoms with van der Waals surface area (Å²) in [5, 5.41) is 19.3. The average molecular weight is 300 g/mol. The van der Waals surface area contributed by atoms with Gasteiger partial charge >= 0.3 is 11.7 Å². The number of aromatic nitrogens is 3. The van der Waals surface area contributed by atoms with Gasteiger partial charge in [-0.1, -0.05) is 18.7 Å². The Hall–Kier alpha value is -1.28. The van der Waals surface area contributed by atoms with Crippen LogP contribution >= 0.6 is 11.8 Å². The zero-order valence-electron chi connectivity index (χ0n) is 11.5. The molecule has 1 aliphatic rings. The van der Waals surface area contributed by atoms with E-state index in [2.05, 4.69) is 15.5 Å². The van der Waals surface area contributed by atoms with Gasteiger partial charge in [0.1, 0.15) is 6.04 Å². The van der Waals surface area contributed by atoms with E-state index in [1.165, 1.54) is 11.8 Å². The van der Waals surface area contributed by atoms with Gasteiger partial charge in [0.05, 0.1) is 0 Å². The molecule has 0 aliphatic heterocycles. The number of nitrogens with zero attached hydrogens (tertiary/aromatic N) is 2. The fraction of sp³-hybridized carbons (Fsp3) is 0.750. The number of carbonyl (C=O) groups is 1. The van der Waals surface area contributed by atoms with Crippen LogP contribution in [0.1, 0.15) is 32.6 Å². The Balaban J connectivity index is 1.84. The monoisotopic (exact) mass is 300 g/mol. The Morgan fingerprint density at radius 3 is 3.00 bits per heavy atom. The lowest BCUT2D eigenvalue weighted by molar-refractivity contribution is -0.139. The molecule has 1 unspecified atom stereocenters.